The van der Waals surface area contributed by atoms with E-state index in [9.17, 15) is 0 Å². The van der Waals surface area contributed by atoms with Gasteiger partial charge in [-0.05, 0) is 63.6 Å². The van der Waals surface area contributed by atoms with Gasteiger partial charge < -0.3 is 4.42 Å². The molecule has 0 saturated carbocycles. The highest BCUT2D eigenvalue weighted by Crippen LogP contribution is 2.64. The Balaban J connectivity index is 1.44. The van der Waals surface area contributed by atoms with Crippen LogP contribution in [0, 0.1) is 6.92 Å². The molecule has 2 heterocycles. The van der Waals surface area contributed by atoms with Crippen LogP contribution in [0.4, 0.5) is 0 Å². The maximum atomic E-state index is 6.55. The van der Waals surface area contributed by atoms with Gasteiger partial charge in [-0.25, -0.2) is 0 Å². The lowest BCUT2D eigenvalue weighted by atomic mass is 9.65. The smallest absolute Gasteiger partial charge is 0.143 e. The monoisotopic (exact) mass is 528 g/mol. The standard InChI is InChI=1S/C38H24OS/c1-23-21-22-29(28-15-10-14-27-26-13-4-8-19-33(26)39-36(27)28)37-35(23)38(32-18-7-9-20-34(32)40-37)30-16-5-2-11-24(30)25-12-3-6-17-31(25)38/h2-22H,1H3. The Labute approximate surface area is 237 Å². The van der Waals surface area contributed by atoms with Gasteiger partial charge in [0, 0.05) is 26.1 Å². The van der Waals surface area contributed by atoms with E-state index in [0.29, 0.717) is 0 Å². The van der Waals surface area contributed by atoms with Crippen molar-refractivity contribution in [2.24, 2.45) is 0 Å². The van der Waals surface area contributed by atoms with Crippen LogP contribution in [0.1, 0.15) is 27.8 Å². The summed E-state index contributed by atoms with van der Waals surface area (Å²) in [4.78, 5) is 2.63. The maximum Gasteiger partial charge on any atom is 0.143 e. The van der Waals surface area contributed by atoms with Crippen LogP contribution in [-0.2, 0) is 5.41 Å². The van der Waals surface area contributed by atoms with Gasteiger partial charge in [0.2, 0.25) is 0 Å². The Kier molecular flexibility index (Phi) is 4.46. The minimum Gasteiger partial charge on any atom is -0.455 e. The quantitative estimate of drug-likeness (QED) is 0.210. The highest BCUT2D eigenvalue weighted by Gasteiger charge is 2.51. The minimum atomic E-state index is -0.383. The predicted octanol–water partition coefficient (Wildman–Crippen LogP) is 10.4. The zero-order chi connectivity index (χ0) is 26.4. The molecule has 40 heavy (non-hydrogen) atoms. The Bertz CT molecular complexity index is 2120. The van der Waals surface area contributed by atoms with Crippen molar-refractivity contribution in [1.82, 2.24) is 0 Å². The molecular weight excluding hydrogens is 504 g/mol. The van der Waals surface area contributed by atoms with E-state index in [2.05, 4.69) is 128 Å². The van der Waals surface area contributed by atoms with Crippen LogP contribution < -0.4 is 0 Å². The Morgan fingerprint density at radius 3 is 1.95 bits per heavy atom. The molecule has 0 bridgehead atoms. The average Bonchev–Trinajstić information content (AvgIpc) is 3.52. The van der Waals surface area contributed by atoms with Gasteiger partial charge in [0.05, 0.1) is 5.41 Å². The van der Waals surface area contributed by atoms with Crippen molar-refractivity contribution < 1.29 is 4.42 Å². The molecule has 1 aliphatic heterocycles. The van der Waals surface area contributed by atoms with E-state index in [1.54, 1.807) is 0 Å². The van der Waals surface area contributed by atoms with Gasteiger partial charge in [0.25, 0.3) is 0 Å². The van der Waals surface area contributed by atoms with Crippen molar-refractivity contribution in [3.05, 3.63) is 155 Å². The van der Waals surface area contributed by atoms with Gasteiger partial charge in [-0.3, -0.25) is 0 Å². The van der Waals surface area contributed by atoms with Crippen molar-refractivity contribution in [1.29, 1.82) is 0 Å². The first-order chi connectivity index (χ1) is 19.8. The molecule has 7 aromatic rings. The summed E-state index contributed by atoms with van der Waals surface area (Å²) in [5.74, 6) is 0. The Morgan fingerprint density at radius 1 is 0.525 bits per heavy atom. The SMILES string of the molecule is Cc1ccc(-c2cccc3c2oc2ccccc23)c2c1C1(c3ccccc3S2)c2ccccc2-c2ccccc21. The molecule has 0 fully saturated rings. The molecule has 9 rings (SSSR count). The highest BCUT2D eigenvalue weighted by atomic mass is 32.2. The number of benzene rings is 6. The van der Waals surface area contributed by atoms with E-state index < -0.39 is 0 Å². The summed E-state index contributed by atoms with van der Waals surface area (Å²) in [6.07, 6.45) is 0. The van der Waals surface area contributed by atoms with E-state index in [-0.39, 0.29) is 5.41 Å². The summed E-state index contributed by atoms with van der Waals surface area (Å²) in [5.41, 5.74) is 13.3. The lowest BCUT2D eigenvalue weighted by Crippen LogP contribution is -2.33. The molecule has 0 radical (unpaired) electrons. The van der Waals surface area contributed by atoms with Crippen molar-refractivity contribution in [2.75, 3.05) is 0 Å². The minimum absolute atomic E-state index is 0.383. The first-order valence-corrected chi connectivity index (χ1v) is 14.6. The second kappa shape index (κ2) is 8.00. The van der Waals surface area contributed by atoms with E-state index in [1.807, 2.05) is 17.8 Å². The molecule has 0 amide bonds. The van der Waals surface area contributed by atoms with E-state index in [0.717, 1.165) is 27.5 Å². The normalized spacial score (nSPS) is 14.2. The van der Waals surface area contributed by atoms with E-state index in [4.69, 9.17) is 4.42 Å². The predicted molar refractivity (Wildman–Crippen MR) is 165 cm³/mol. The van der Waals surface area contributed by atoms with Gasteiger partial charge in [0.15, 0.2) is 0 Å². The molecule has 1 nitrogen and oxygen atoms in total. The van der Waals surface area contributed by atoms with Crippen molar-refractivity contribution >= 4 is 33.7 Å². The summed E-state index contributed by atoms with van der Waals surface area (Å²) in [6, 6.07) is 46.6. The van der Waals surface area contributed by atoms with Crippen LogP contribution in [0.3, 0.4) is 0 Å². The molecule has 0 unspecified atom stereocenters. The van der Waals surface area contributed by atoms with E-state index >= 15 is 0 Å². The molecule has 1 aliphatic carbocycles. The molecule has 188 valence electrons. The number of furan rings is 1. The van der Waals surface area contributed by atoms with E-state index in [1.165, 1.54) is 54.3 Å². The average molecular weight is 529 g/mol. The molecule has 6 aromatic carbocycles. The molecule has 1 aromatic heterocycles. The van der Waals surface area contributed by atoms with Crippen LogP contribution in [0.5, 0.6) is 0 Å². The number of fused-ring (bicyclic) bond motifs is 12. The summed E-state index contributed by atoms with van der Waals surface area (Å²) in [6.45, 7) is 2.28. The second-order valence-electron chi connectivity index (χ2n) is 10.9. The third kappa shape index (κ3) is 2.69. The molecule has 0 saturated heterocycles. The molecule has 0 N–H and O–H groups in total. The molecule has 0 atom stereocenters. The number of rotatable bonds is 1. The molecular formula is C38H24OS. The van der Waals surface area contributed by atoms with Gasteiger partial charge in [-0.15, -0.1) is 0 Å². The summed E-state index contributed by atoms with van der Waals surface area (Å²) in [5, 5.41) is 2.32. The fraction of sp³-hybridized carbons (Fsp3) is 0.0526. The fourth-order valence-electron chi connectivity index (χ4n) is 7.33. The van der Waals surface area contributed by atoms with Crippen molar-refractivity contribution in [3.63, 3.8) is 0 Å². The van der Waals surface area contributed by atoms with Crippen LogP contribution in [0.25, 0.3) is 44.2 Å². The topological polar surface area (TPSA) is 13.1 Å². The lowest BCUT2D eigenvalue weighted by molar-refractivity contribution is 0.669. The van der Waals surface area contributed by atoms with Gasteiger partial charge in [0.1, 0.15) is 11.2 Å². The van der Waals surface area contributed by atoms with Gasteiger partial charge in [-0.1, -0.05) is 127 Å². The fourth-order valence-corrected chi connectivity index (χ4v) is 8.73. The number of hydrogen-bond donors (Lipinski definition) is 0. The van der Waals surface area contributed by atoms with Crippen LogP contribution in [0.2, 0.25) is 0 Å². The molecule has 1 spiro atoms. The van der Waals surface area contributed by atoms with Crippen LogP contribution in [-0.4, -0.2) is 0 Å². The Hall–Kier alpha value is -4.53. The number of para-hydroxylation sites is 2. The van der Waals surface area contributed by atoms with Crippen molar-refractivity contribution in [3.8, 4) is 22.3 Å². The molecule has 2 heteroatoms. The number of hydrogen-bond acceptors (Lipinski definition) is 2. The van der Waals surface area contributed by atoms with Gasteiger partial charge in [-0.2, -0.15) is 0 Å². The van der Waals surface area contributed by atoms with Crippen molar-refractivity contribution in [2.45, 2.75) is 22.1 Å². The van der Waals surface area contributed by atoms with Gasteiger partial charge >= 0.3 is 0 Å². The second-order valence-corrected chi connectivity index (χ2v) is 11.9. The summed E-state index contributed by atoms with van der Waals surface area (Å²) < 4.78 is 6.55. The largest absolute Gasteiger partial charge is 0.455 e. The first kappa shape index (κ1) is 22.3. The third-order valence-corrected chi connectivity index (χ3v) is 10.1. The van der Waals surface area contributed by atoms with Crippen LogP contribution >= 0.6 is 11.8 Å². The maximum absolute atomic E-state index is 6.55. The zero-order valence-electron chi connectivity index (χ0n) is 21.9. The summed E-state index contributed by atoms with van der Waals surface area (Å²) >= 11 is 1.90. The third-order valence-electron chi connectivity index (χ3n) is 8.89. The lowest BCUT2D eigenvalue weighted by Gasteiger charge is -2.41. The molecule has 2 aliphatic rings. The summed E-state index contributed by atoms with van der Waals surface area (Å²) in [7, 11) is 0. The zero-order valence-corrected chi connectivity index (χ0v) is 22.8. The van der Waals surface area contributed by atoms with Crippen LogP contribution in [0.15, 0.2) is 142 Å². The number of aryl methyl sites for hydroxylation is 1. The highest BCUT2D eigenvalue weighted by molar-refractivity contribution is 7.99. The first-order valence-electron chi connectivity index (χ1n) is 13.8. The Morgan fingerprint density at radius 2 is 1.15 bits per heavy atom.